The first-order valence-corrected chi connectivity index (χ1v) is 11.1. The molecule has 2 heterocycles. The average molecular weight is 463 g/mol. The van der Waals surface area contributed by atoms with E-state index in [0.717, 1.165) is 5.56 Å². The molecule has 0 saturated heterocycles. The Labute approximate surface area is 194 Å². The molecule has 0 radical (unpaired) electrons. The molecular weight excluding hydrogens is 440 g/mol. The molecule has 2 aromatic heterocycles. The maximum Gasteiger partial charge on any atom is 0.338 e. The predicted molar refractivity (Wildman–Crippen MR) is 124 cm³/mol. The van der Waals surface area contributed by atoms with E-state index < -0.39 is 5.97 Å². The zero-order valence-corrected chi connectivity index (χ0v) is 18.7. The van der Waals surface area contributed by atoms with Crippen LogP contribution in [0.1, 0.15) is 26.6 Å². The van der Waals surface area contributed by atoms with Gasteiger partial charge in [0.25, 0.3) is 0 Å². The molecule has 9 heteroatoms. The smallest absolute Gasteiger partial charge is 0.338 e. The number of methoxy groups -OCH3 is 1. The lowest BCUT2D eigenvalue weighted by atomic mass is 10.1. The number of nitrogens with zero attached hydrogens (tertiary/aromatic N) is 3. The highest BCUT2D eigenvalue weighted by Gasteiger charge is 2.13. The van der Waals surface area contributed by atoms with Crippen molar-refractivity contribution in [1.82, 2.24) is 14.8 Å². The Bertz CT molecular complexity index is 1220. The molecule has 1 amide bonds. The number of ether oxygens (including phenoxy) is 2. The molecule has 0 bridgehead atoms. The van der Waals surface area contributed by atoms with Crippen LogP contribution in [0.3, 0.4) is 0 Å². The number of hydrogen-bond donors (Lipinski definition) is 1. The highest BCUT2D eigenvalue weighted by Crippen LogP contribution is 2.23. The van der Waals surface area contributed by atoms with Gasteiger partial charge < -0.3 is 14.8 Å². The third-order valence-corrected chi connectivity index (χ3v) is 5.63. The molecule has 0 fully saturated rings. The lowest BCUT2D eigenvalue weighted by Gasteiger charge is -2.08. The summed E-state index contributed by atoms with van der Waals surface area (Å²) in [4.78, 5) is 29.1. The van der Waals surface area contributed by atoms with Crippen LogP contribution < -0.4 is 10.1 Å². The van der Waals surface area contributed by atoms with Crippen molar-refractivity contribution in [3.63, 3.8) is 0 Å². The summed E-state index contributed by atoms with van der Waals surface area (Å²) in [5.74, 6) is -0.0382. The molecule has 2 aromatic carbocycles. The second-order valence-corrected chi connectivity index (χ2v) is 8.08. The SMILES string of the molecule is COc1ccccc1NC(=O)Cc1nc(COC(=O)c2ccc(Cn3cccn3)cc2)cs1. The first kappa shape index (κ1) is 22.2. The number of carbonyl (C=O) groups excluding carboxylic acids is 2. The standard InChI is InChI=1S/C24H22N4O4S/c1-31-21-6-3-2-5-20(21)27-22(29)13-23-26-19(16-33-23)15-32-24(30)18-9-7-17(8-10-18)14-28-12-4-11-25-28/h2-12,16H,13-15H2,1H3,(H,27,29). The third-order valence-electron chi connectivity index (χ3n) is 4.74. The Morgan fingerprint density at radius 1 is 1.09 bits per heavy atom. The molecule has 33 heavy (non-hydrogen) atoms. The van der Waals surface area contributed by atoms with E-state index >= 15 is 0 Å². The number of benzene rings is 2. The monoisotopic (exact) mass is 462 g/mol. The number of rotatable bonds is 9. The van der Waals surface area contributed by atoms with Gasteiger partial charge in [0.2, 0.25) is 5.91 Å². The minimum absolute atomic E-state index is 0.0402. The summed E-state index contributed by atoms with van der Waals surface area (Å²) in [6, 6.07) is 16.3. The van der Waals surface area contributed by atoms with Gasteiger partial charge in [0.1, 0.15) is 17.4 Å². The molecular formula is C24H22N4O4S. The van der Waals surface area contributed by atoms with Crippen LogP contribution in [0.4, 0.5) is 5.69 Å². The second kappa shape index (κ2) is 10.6. The topological polar surface area (TPSA) is 95.3 Å². The van der Waals surface area contributed by atoms with Crippen LogP contribution in [0.5, 0.6) is 5.75 Å². The Morgan fingerprint density at radius 2 is 1.91 bits per heavy atom. The first-order chi connectivity index (χ1) is 16.1. The number of esters is 1. The van der Waals surface area contributed by atoms with Crippen molar-refractivity contribution in [1.29, 1.82) is 0 Å². The van der Waals surface area contributed by atoms with Crippen LogP contribution in [0, 0.1) is 0 Å². The summed E-state index contributed by atoms with van der Waals surface area (Å²) < 4.78 is 12.4. The van der Waals surface area contributed by atoms with E-state index in [9.17, 15) is 9.59 Å². The van der Waals surface area contributed by atoms with Crippen molar-refractivity contribution in [2.75, 3.05) is 12.4 Å². The van der Waals surface area contributed by atoms with Gasteiger partial charge in [-0.15, -0.1) is 11.3 Å². The molecule has 1 N–H and O–H groups in total. The fraction of sp³-hybridized carbons (Fsp3) is 0.167. The van der Waals surface area contributed by atoms with E-state index in [2.05, 4.69) is 15.4 Å². The molecule has 0 aliphatic rings. The van der Waals surface area contributed by atoms with Gasteiger partial charge in [0.05, 0.1) is 37.0 Å². The van der Waals surface area contributed by atoms with Crippen molar-refractivity contribution >= 4 is 28.9 Å². The molecule has 4 aromatic rings. The molecule has 8 nitrogen and oxygen atoms in total. The molecule has 0 saturated carbocycles. The number of hydrogen-bond acceptors (Lipinski definition) is 7. The maximum absolute atomic E-state index is 12.4. The zero-order valence-electron chi connectivity index (χ0n) is 17.9. The number of anilines is 1. The highest BCUT2D eigenvalue weighted by molar-refractivity contribution is 7.09. The number of aromatic nitrogens is 3. The van der Waals surface area contributed by atoms with Gasteiger partial charge in [0.15, 0.2) is 0 Å². The highest BCUT2D eigenvalue weighted by atomic mass is 32.1. The molecule has 0 aliphatic heterocycles. The number of para-hydroxylation sites is 2. The van der Waals surface area contributed by atoms with Gasteiger partial charge in [-0.25, -0.2) is 9.78 Å². The van der Waals surface area contributed by atoms with Gasteiger partial charge in [-0.05, 0) is 35.9 Å². The van der Waals surface area contributed by atoms with Crippen LogP contribution >= 0.6 is 11.3 Å². The quantitative estimate of drug-likeness (QED) is 0.379. The number of thiazole rings is 1. The van der Waals surface area contributed by atoms with E-state index in [-0.39, 0.29) is 18.9 Å². The van der Waals surface area contributed by atoms with Gasteiger partial charge in [-0.3, -0.25) is 9.48 Å². The summed E-state index contributed by atoms with van der Waals surface area (Å²) in [6.45, 7) is 0.674. The second-order valence-electron chi connectivity index (χ2n) is 7.13. The number of carbonyl (C=O) groups is 2. The summed E-state index contributed by atoms with van der Waals surface area (Å²) in [5.41, 5.74) is 2.70. The summed E-state index contributed by atoms with van der Waals surface area (Å²) in [7, 11) is 1.55. The number of amides is 1. The zero-order chi connectivity index (χ0) is 23.0. The van der Waals surface area contributed by atoms with Gasteiger partial charge >= 0.3 is 5.97 Å². The van der Waals surface area contributed by atoms with Crippen LogP contribution in [0.25, 0.3) is 0 Å². The lowest BCUT2D eigenvalue weighted by Crippen LogP contribution is -2.15. The molecule has 0 aliphatic carbocycles. The van der Waals surface area contributed by atoms with Gasteiger partial charge in [-0.1, -0.05) is 24.3 Å². The van der Waals surface area contributed by atoms with Crippen molar-refractivity contribution in [3.8, 4) is 5.75 Å². The molecule has 4 rings (SSSR count). The fourth-order valence-corrected chi connectivity index (χ4v) is 3.90. The summed E-state index contributed by atoms with van der Waals surface area (Å²) >= 11 is 1.35. The van der Waals surface area contributed by atoms with E-state index in [0.29, 0.717) is 34.2 Å². The Kier molecular flexibility index (Phi) is 7.11. The largest absolute Gasteiger partial charge is 0.495 e. The first-order valence-electron chi connectivity index (χ1n) is 10.2. The lowest BCUT2D eigenvalue weighted by molar-refractivity contribution is -0.115. The minimum Gasteiger partial charge on any atom is -0.495 e. The van der Waals surface area contributed by atoms with Crippen molar-refractivity contribution in [2.45, 2.75) is 19.6 Å². The van der Waals surface area contributed by atoms with Gasteiger partial charge in [0, 0.05) is 17.8 Å². The summed E-state index contributed by atoms with van der Waals surface area (Å²) in [6.07, 6.45) is 3.73. The van der Waals surface area contributed by atoms with Crippen LogP contribution in [0.2, 0.25) is 0 Å². The van der Waals surface area contributed by atoms with Crippen molar-refractivity contribution < 1.29 is 19.1 Å². The maximum atomic E-state index is 12.4. The van der Waals surface area contributed by atoms with Crippen molar-refractivity contribution in [2.24, 2.45) is 0 Å². The normalized spacial score (nSPS) is 10.6. The summed E-state index contributed by atoms with van der Waals surface area (Å²) in [5, 5.41) is 9.41. The Morgan fingerprint density at radius 3 is 2.67 bits per heavy atom. The van der Waals surface area contributed by atoms with E-state index in [1.807, 2.05) is 41.2 Å². The molecule has 0 atom stereocenters. The molecule has 0 spiro atoms. The van der Waals surface area contributed by atoms with Crippen LogP contribution in [-0.4, -0.2) is 33.8 Å². The van der Waals surface area contributed by atoms with E-state index in [4.69, 9.17) is 9.47 Å². The van der Waals surface area contributed by atoms with Crippen LogP contribution in [-0.2, 0) is 29.1 Å². The Balaban J connectivity index is 1.27. The number of nitrogens with one attached hydrogen (secondary N) is 1. The fourth-order valence-electron chi connectivity index (χ4n) is 3.13. The Hall–Kier alpha value is -3.98. The molecule has 168 valence electrons. The molecule has 0 unspecified atom stereocenters. The predicted octanol–water partition coefficient (Wildman–Crippen LogP) is 3.93. The van der Waals surface area contributed by atoms with E-state index in [1.54, 1.807) is 43.0 Å². The van der Waals surface area contributed by atoms with Crippen molar-refractivity contribution in [3.05, 3.63) is 94.2 Å². The third kappa shape index (κ3) is 6.05. The minimum atomic E-state index is -0.427. The van der Waals surface area contributed by atoms with Gasteiger partial charge in [-0.2, -0.15) is 5.10 Å². The van der Waals surface area contributed by atoms with E-state index in [1.165, 1.54) is 11.3 Å². The average Bonchev–Trinajstić information content (AvgIpc) is 3.50. The van der Waals surface area contributed by atoms with Crippen LogP contribution in [0.15, 0.2) is 72.4 Å².